The molecular formula is C55H62BrN19. The number of halogens is 1. The van der Waals surface area contributed by atoms with Crippen molar-refractivity contribution in [3.63, 3.8) is 0 Å². The first-order chi connectivity index (χ1) is 36.5. The van der Waals surface area contributed by atoms with Crippen molar-refractivity contribution in [2.45, 2.75) is 125 Å². The molecule has 0 amide bonds. The average molecular weight is 1070 g/mol. The van der Waals surface area contributed by atoms with Gasteiger partial charge in [0, 0.05) is 73.8 Å². The number of nitrogens with zero attached hydrogens (tertiary/aromatic N) is 17. The Bertz CT molecular complexity index is 3490. The second kappa shape index (κ2) is 22.4. The molecule has 9 aromatic rings. The number of rotatable bonds is 11. The number of nitrogens with one attached hydrogen (secondary N) is 2. The van der Waals surface area contributed by atoms with Crippen LogP contribution in [0.5, 0.6) is 0 Å². The summed E-state index contributed by atoms with van der Waals surface area (Å²) in [6.45, 7) is 19.2. The maximum absolute atomic E-state index is 4.99. The Labute approximate surface area is 444 Å². The van der Waals surface area contributed by atoms with Crippen LogP contribution in [-0.2, 0) is 25.9 Å². The Morgan fingerprint density at radius 1 is 0.640 bits per heavy atom. The normalized spacial score (nSPS) is 16.1. The minimum atomic E-state index is 0.211. The minimum absolute atomic E-state index is 0.211. The second-order valence-corrected chi connectivity index (χ2v) is 20.3. The summed E-state index contributed by atoms with van der Waals surface area (Å²) in [7, 11) is 0. The highest BCUT2D eigenvalue weighted by molar-refractivity contribution is 9.10. The summed E-state index contributed by atoms with van der Waals surface area (Å²) in [6.07, 6.45) is 20.0. The summed E-state index contributed by atoms with van der Waals surface area (Å²) in [4.78, 5) is 58.8. The fourth-order valence-corrected chi connectivity index (χ4v) is 10.4. The molecule has 0 saturated heterocycles. The second-order valence-electron chi connectivity index (χ2n) is 19.5. The van der Waals surface area contributed by atoms with Crippen LogP contribution in [0.15, 0.2) is 107 Å². The highest BCUT2D eigenvalue weighted by atomic mass is 79.9. The van der Waals surface area contributed by atoms with Gasteiger partial charge in [0.2, 0.25) is 0 Å². The van der Waals surface area contributed by atoms with Crippen molar-refractivity contribution >= 4 is 55.6 Å². The van der Waals surface area contributed by atoms with Gasteiger partial charge in [-0.1, -0.05) is 39.8 Å². The lowest BCUT2D eigenvalue weighted by molar-refractivity contribution is 0.588. The van der Waals surface area contributed by atoms with Gasteiger partial charge in [0.25, 0.3) is 0 Å². The fraction of sp³-hybridized carbons (Fsp3) is 0.382. The molecule has 3 aliphatic rings. The fourth-order valence-electron chi connectivity index (χ4n) is 10.1. The predicted molar refractivity (Wildman–Crippen MR) is 296 cm³/mol. The van der Waals surface area contributed by atoms with Gasteiger partial charge in [0.05, 0.1) is 23.4 Å². The third-order valence-corrected chi connectivity index (χ3v) is 14.2. The van der Waals surface area contributed by atoms with Gasteiger partial charge >= 0.3 is 0 Å². The molecule has 0 radical (unpaired) electrons. The van der Waals surface area contributed by atoms with Gasteiger partial charge in [0.1, 0.15) is 40.6 Å². The predicted octanol–water partition coefficient (Wildman–Crippen LogP) is 10.1. The van der Waals surface area contributed by atoms with Gasteiger partial charge in [0.15, 0.2) is 39.8 Å². The molecule has 12 rings (SSSR count). The Balaban J connectivity index is 0.000000153. The lowest BCUT2D eigenvalue weighted by Crippen LogP contribution is -2.29. The van der Waals surface area contributed by atoms with E-state index in [9.17, 15) is 0 Å². The first-order valence-electron chi connectivity index (χ1n) is 25.9. The van der Waals surface area contributed by atoms with E-state index >= 15 is 0 Å². The van der Waals surface area contributed by atoms with E-state index in [1.165, 1.54) is 28.1 Å². The van der Waals surface area contributed by atoms with E-state index in [0.717, 1.165) is 143 Å². The van der Waals surface area contributed by atoms with E-state index in [1.807, 2.05) is 85.9 Å². The molecule has 0 bridgehead atoms. The number of hydrogen-bond donors (Lipinski definition) is 2. The van der Waals surface area contributed by atoms with Crippen LogP contribution in [-0.4, -0.2) is 103 Å². The van der Waals surface area contributed by atoms with Crippen molar-refractivity contribution in [2.24, 2.45) is 10.9 Å². The molecule has 1 aliphatic heterocycles. The van der Waals surface area contributed by atoms with Gasteiger partial charge in [-0.2, -0.15) is 5.10 Å². The number of fused-ring (bicyclic) bond motifs is 3. The summed E-state index contributed by atoms with van der Waals surface area (Å²) in [6, 6.07) is 12.2. The molecule has 75 heavy (non-hydrogen) atoms. The first-order valence-corrected chi connectivity index (χ1v) is 26.6. The summed E-state index contributed by atoms with van der Waals surface area (Å²) in [5.41, 5.74) is 12.9. The summed E-state index contributed by atoms with van der Waals surface area (Å²) < 4.78 is 7.10. The zero-order valence-electron chi connectivity index (χ0n) is 43.7. The number of hydrogen-bond acceptors (Lipinski definition) is 16. The molecule has 2 unspecified atom stereocenters. The Morgan fingerprint density at radius 3 is 1.69 bits per heavy atom. The van der Waals surface area contributed by atoms with E-state index in [2.05, 4.69) is 127 Å². The molecule has 0 fully saturated rings. The Morgan fingerprint density at radius 2 is 1.20 bits per heavy atom. The number of aromatic nitrogens is 16. The van der Waals surface area contributed by atoms with E-state index < -0.39 is 0 Å². The smallest absolute Gasteiger partial charge is 0.165 e. The van der Waals surface area contributed by atoms with Crippen LogP contribution < -0.4 is 10.6 Å². The highest BCUT2D eigenvalue weighted by Gasteiger charge is 2.31. The molecule has 0 spiro atoms. The van der Waals surface area contributed by atoms with Gasteiger partial charge in [-0.25, -0.2) is 64.5 Å². The third-order valence-electron chi connectivity index (χ3n) is 13.8. The van der Waals surface area contributed by atoms with Gasteiger partial charge in [-0.3, -0.25) is 4.99 Å². The van der Waals surface area contributed by atoms with Crippen molar-refractivity contribution in [1.82, 2.24) is 78.7 Å². The lowest BCUT2D eigenvalue weighted by atomic mass is 9.85. The molecule has 9 aromatic heterocycles. The number of pyridine rings is 2. The molecule has 2 atom stereocenters. The van der Waals surface area contributed by atoms with Crippen molar-refractivity contribution in [2.75, 3.05) is 17.2 Å². The SMILES string of the molecule is Brc1ccccn1.CCn1c(-c2cnc(C)nc2)nc2c(NC3CCC4=C(C3)C(C(C)C)=NC4)ncnc21.CCn1c(-c2cnc(C)nc2)nc2c(NC3CCc4c(c(C(C)C)nn4-c4ccccn4)C3)ncnc21. The first kappa shape index (κ1) is 50.8. The Hall–Kier alpha value is -7.74. The number of aryl methyl sites for hydroxylation is 4. The highest BCUT2D eigenvalue weighted by Crippen LogP contribution is 2.36. The van der Waals surface area contributed by atoms with E-state index in [4.69, 9.17) is 20.1 Å². The maximum Gasteiger partial charge on any atom is 0.165 e. The monoisotopic (exact) mass is 1070 g/mol. The minimum Gasteiger partial charge on any atom is -0.365 e. The van der Waals surface area contributed by atoms with Crippen molar-refractivity contribution in [1.29, 1.82) is 0 Å². The summed E-state index contributed by atoms with van der Waals surface area (Å²) in [5, 5.41) is 12.4. The van der Waals surface area contributed by atoms with Crippen LogP contribution in [0.4, 0.5) is 11.6 Å². The molecule has 384 valence electrons. The summed E-state index contributed by atoms with van der Waals surface area (Å²) >= 11 is 3.20. The summed E-state index contributed by atoms with van der Waals surface area (Å²) in [5.74, 6) is 6.29. The van der Waals surface area contributed by atoms with Crippen molar-refractivity contribution < 1.29 is 0 Å². The van der Waals surface area contributed by atoms with Crippen molar-refractivity contribution in [3.8, 4) is 28.6 Å². The van der Waals surface area contributed by atoms with Crippen LogP contribution in [0.25, 0.3) is 50.9 Å². The van der Waals surface area contributed by atoms with Crippen LogP contribution in [0.3, 0.4) is 0 Å². The third kappa shape index (κ3) is 10.8. The van der Waals surface area contributed by atoms with Crippen LogP contribution in [0, 0.1) is 19.8 Å². The molecule has 0 saturated carbocycles. The van der Waals surface area contributed by atoms with Crippen molar-refractivity contribution in [3.05, 3.63) is 131 Å². The molecule has 19 nitrogen and oxygen atoms in total. The number of imidazole rings is 2. The van der Waals surface area contributed by atoms with Gasteiger partial charge in [-0.05, 0) is 135 Å². The quantitative estimate of drug-likeness (QED) is 0.115. The van der Waals surface area contributed by atoms with Crippen LogP contribution in [0.2, 0.25) is 0 Å². The average Bonchev–Trinajstić information content (AvgIpc) is 4.25. The largest absolute Gasteiger partial charge is 0.365 e. The van der Waals surface area contributed by atoms with E-state index in [1.54, 1.807) is 18.9 Å². The van der Waals surface area contributed by atoms with Gasteiger partial charge < -0.3 is 19.8 Å². The molecule has 0 aromatic carbocycles. The maximum atomic E-state index is 4.99. The number of aliphatic imine (C=N–C) groups is 1. The van der Waals surface area contributed by atoms with Crippen LogP contribution in [0.1, 0.15) is 102 Å². The molecule has 20 heteroatoms. The van der Waals surface area contributed by atoms with E-state index in [-0.39, 0.29) is 6.04 Å². The zero-order valence-corrected chi connectivity index (χ0v) is 45.3. The lowest BCUT2D eigenvalue weighted by Gasteiger charge is -2.26. The van der Waals surface area contributed by atoms with Crippen LogP contribution >= 0.6 is 15.9 Å². The standard InChI is InChI=1S/C27H30N10.C23H28N8.C5H4BrN/c1-5-36-26(18-13-29-17(4)30-14-18)34-24-25(31-15-32-27(24)36)33-19-9-10-21-20(12-19)23(16(2)3)35-37(21)22-8-6-7-11-28-22;1-5-31-22(16-10-24-14(4)25-11-16)30-20-21(27-12-28-23(20)31)29-17-7-6-15-9-26-19(13(2)3)18(15)8-17;6-5-3-1-2-4-7-5/h6-8,11,13-16,19H,5,9-10,12H2,1-4H3,(H,31,32,33);10-13,17H,5-9H2,1-4H3,(H,27,28,29);1-4H. The zero-order chi connectivity index (χ0) is 52.2. The van der Waals surface area contributed by atoms with Gasteiger partial charge in [-0.15, -0.1) is 0 Å². The number of anilines is 2. The molecule has 10 heterocycles. The molecular weight excluding hydrogens is 1010 g/mol. The Kier molecular flexibility index (Phi) is 15.2. The molecule has 2 N–H and O–H groups in total. The van der Waals surface area contributed by atoms with E-state index in [0.29, 0.717) is 17.9 Å². The topological polar surface area (TPSA) is 219 Å². The molecule has 2 aliphatic carbocycles.